The summed E-state index contributed by atoms with van der Waals surface area (Å²) in [4.78, 5) is 30.7. The van der Waals surface area contributed by atoms with Gasteiger partial charge in [-0.1, -0.05) is 0 Å². The Hall–Kier alpha value is -2.41. The van der Waals surface area contributed by atoms with Crippen molar-refractivity contribution in [1.82, 2.24) is 14.5 Å². The summed E-state index contributed by atoms with van der Waals surface area (Å²) in [5.74, 6) is -0.125. The van der Waals surface area contributed by atoms with E-state index in [9.17, 15) is 9.59 Å². The number of aromatic amines is 1. The van der Waals surface area contributed by atoms with Crippen LogP contribution in [0, 0.1) is 13.8 Å². The molecule has 2 aromatic heterocycles. The maximum Gasteiger partial charge on any atom is 0.325 e. The van der Waals surface area contributed by atoms with Gasteiger partial charge in [-0.3, -0.25) is 9.36 Å². The Kier molecular flexibility index (Phi) is 3.81. The lowest BCUT2D eigenvalue weighted by Gasteiger charge is -2.07. The molecule has 1 aromatic carbocycles. The van der Waals surface area contributed by atoms with Crippen molar-refractivity contribution in [1.29, 1.82) is 0 Å². The van der Waals surface area contributed by atoms with Crippen LogP contribution in [-0.2, 0) is 11.3 Å². The third-order valence-corrected chi connectivity index (χ3v) is 4.47. The molecule has 0 fully saturated rings. The van der Waals surface area contributed by atoms with Gasteiger partial charge in [0.05, 0.1) is 15.7 Å². The SMILES string of the molecule is Cc1[nH]c(=O)n(CCC(=O)Nc2ccc3scnc3c2)c1C. The number of aromatic nitrogens is 3. The number of imidazole rings is 1. The predicted octanol–water partition coefficient (Wildman–Crippen LogP) is 2.43. The molecule has 0 aliphatic carbocycles. The monoisotopic (exact) mass is 316 g/mol. The van der Waals surface area contributed by atoms with Crippen LogP contribution in [-0.4, -0.2) is 20.4 Å². The van der Waals surface area contributed by atoms with E-state index < -0.39 is 0 Å². The van der Waals surface area contributed by atoms with Crippen molar-refractivity contribution < 1.29 is 4.79 Å². The van der Waals surface area contributed by atoms with Crippen LogP contribution in [0.25, 0.3) is 10.2 Å². The van der Waals surface area contributed by atoms with E-state index in [4.69, 9.17) is 0 Å². The fourth-order valence-corrected chi connectivity index (χ4v) is 2.97. The number of amides is 1. The summed E-state index contributed by atoms with van der Waals surface area (Å²) < 4.78 is 2.67. The average Bonchev–Trinajstić information content (AvgIpc) is 3.02. The number of H-pyrrole nitrogens is 1. The molecular formula is C15H16N4O2S. The number of thiazole rings is 1. The van der Waals surface area contributed by atoms with Crippen molar-refractivity contribution in [3.05, 3.63) is 45.6 Å². The smallest absolute Gasteiger partial charge is 0.325 e. The molecule has 0 aliphatic heterocycles. The molecule has 6 nitrogen and oxygen atoms in total. The van der Waals surface area contributed by atoms with Gasteiger partial charge in [0, 0.05) is 30.0 Å². The molecule has 0 unspecified atom stereocenters. The number of nitrogens with one attached hydrogen (secondary N) is 2. The summed E-state index contributed by atoms with van der Waals surface area (Å²) >= 11 is 1.56. The third-order valence-electron chi connectivity index (χ3n) is 3.66. The van der Waals surface area contributed by atoms with Gasteiger partial charge in [-0.05, 0) is 32.0 Å². The van der Waals surface area contributed by atoms with Crippen LogP contribution < -0.4 is 11.0 Å². The first-order chi connectivity index (χ1) is 10.5. The highest BCUT2D eigenvalue weighted by molar-refractivity contribution is 7.16. The molecule has 0 atom stereocenters. The predicted molar refractivity (Wildman–Crippen MR) is 87.4 cm³/mol. The number of nitrogens with zero attached hydrogens (tertiary/aromatic N) is 2. The molecular weight excluding hydrogens is 300 g/mol. The second-order valence-electron chi connectivity index (χ2n) is 5.13. The Labute approximate surface area is 130 Å². The maximum atomic E-state index is 12.0. The number of fused-ring (bicyclic) bond motifs is 1. The Morgan fingerprint density at radius 1 is 1.41 bits per heavy atom. The zero-order valence-corrected chi connectivity index (χ0v) is 13.2. The molecule has 3 rings (SSSR count). The van der Waals surface area contributed by atoms with Crippen LogP contribution in [0.2, 0.25) is 0 Å². The number of aryl methyl sites for hydroxylation is 1. The summed E-state index contributed by atoms with van der Waals surface area (Å²) in [5, 5.41) is 2.84. The number of carbonyl (C=O) groups excluding carboxylic acids is 1. The first kappa shape index (κ1) is 14.5. The lowest BCUT2D eigenvalue weighted by molar-refractivity contribution is -0.116. The first-order valence-electron chi connectivity index (χ1n) is 6.93. The van der Waals surface area contributed by atoms with Crippen molar-refractivity contribution in [2.75, 3.05) is 5.32 Å². The lowest BCUT2D eigenvalue weighted by Crippen LogP contribution is -2.22. The van der Waals surface area contributed by atoms with Gasteiger partial charge in [0.1, 0.15) is 0 Å². The highest BCUT2D eigenvalue weighted by Crippen LogP contribution is 2.21. The molecule has 114 valence electrons. The number of hydrogen-bond acceptors (Lipinski definition) is 4. The minimum atomic E-state index is -0.174. The van der Waals surface area contributed by atoms with E-state index in [-0.39, 0.29) is 18.0 Å². The fourth-order valence-electron chi connectivity index (χ4n) is 2.31. The number of rotatable bonds is 4. The van der Waals surface area contributed by atoms with Crippen molar-refractivity contribution in [3.63, 3.8) is 0 Å². The quantitative estimate of drug-likeness (QED) is 0.776. The summed E-state index contributed by atoms with van der Waals surface area (Å²) in [6, 6.07) is 5.64. The summed E-state index contributed by atoms with van der Waals surface area (Å²) in [6.07, 6.45) is 0.243. The van der Waals surface area contributed by atoms with Gasteiger partial charge >= 0.3 is 5.69 Å². The fraction of sp³-hybridized carbons (Fsp3) is 0.267. The van der Waals surface area contributed by atoms with Crippen molar-refractivity contribution in [2.45, 2.75) is 26.8 Å². The number of anilines is 1. The molecule has 2 heterocycles. The number of carbonyl (C=O) groups is 1. The largest absolute Gasteiger partial charge is 0.326 e. The van der Waals surface area contributed by atoms with Crippen LogP contribution in [0.3, 0.4) is 0 Å². The van der Waals surface area contributed by atoms with Crippen LogP contribution >= 0.6 is 11.3 Å². The summed E-state index contributed by atoms with van der Waals surface area (Å²) in [5.41, 5.74) is 4.89. The van der Waals surface area contributed by atoms with Crippen molar-refractivity contribution in [2.24, 2.45) is 0 Å². The molecule has 0 spiro atoms. The molecule has 3 aromatic rings. The lowest BCUT2D eigenvalue weighted by atomic mass is 10.3. The average molecular weight is 316 g/mol. The van der Waals surface area contributed by atoms with E-state index in [0.29, 0.717) is 6.54 Å². The van der Waals surface area contributed by atoms with E-state index in [2.05, 4.69) is 15.3 Å². The molecule has 0 radical (unpaired) electrons. The normalized spacial score (nSPS) is 11.0. The molecule has 0 aliphatic rings. The van der Waals surface area contributed by atoms with Crippen molar-refractivity contribution >= 4 is 33.1 Å². The van der Waals surface area contributed by atoms with Gasteiger partial charge in [-0.15, -0.1) is 11.3 Å². The molecule has 1 amide bonds. The Bertz CT molecular complexity index is 890. The van der Waals surface area contributed by atoms with Crippen LogP contribution in [0.4, 0.5) is 5.69 Å². The third kappa shape index (κ3) is 2.80. The second kappa shape index (κ2) is 5.76. The molecule has 0 saturated heterocycles. The van der Waals surface area contributed by atoms with E-state index >= 15 is 0 Å². The van der Waals surface area contributed by atoms with Crippen molar-refractivity contribution in [3.8, 4) is 0 Å². The molecule has 7 heteroatoms. The second-order valence-corrected chi connectivity index (χ2v) is 6.01. The van der Waals surface area contributed by atoms with Gasteiger partial charge in [0.2, 0.25) is 5.91 Å². The van der Waals surface area contributed by atoms with Crippen LogP contribution in [0.15, 0.2) is 28.5 Å². The Balaban J connectivity index is 1.66. The molecule has 2 N–H and O–H groups in total. The van der Waals surface area contributed by atoms with Gasteiger partial charge in [-0.2, -0.15) is 0 Å². The zero-order chi connectivity index (χ0) is 15.7. The molecule has 22 heavy (non-hydrogen) atoms. The summed E-state index contributed by atoms with van der Waals surface area (Å²) in [7, 11) is 0. The zero-order valence-electron chi connectivity index (χ0n) is 12.3. The van der Waals surface area contributed by atoms with Crippen LogP contribution in [0.1, 0.15) is 17.8 Å². The standard InChI is InChI=1S/C15H16N4O2S/c1-9-10(2)19(15(21)17-9)6-5-14(20)18-11-3-4-13-12(7-11)16-8-22-13/h3-4,7-8H,5-6H2,1-2H3,(H,17,21)(H,18,20). The van der Waals surface area contributed by atoms with E-state index in [1.807, 2.05) is 32.0 Å². The number of hydrogen-bond donors (Lipinski definition) is 2. The summed E-state index contributed by atoms with van der Waals surface area (Å²) in [6.45, 7) is 4.07. The molecule has 0 bridgehead atoms. The maximum absolute atomic E-state index is 12.0. The minimum absolute atomic E-state index is 0.125. The van der Waals surface area contributed by atoms with Gasteiger partial charge in [-0.25, -0.2) is 9.78 Å². The first-order valence-corrected chi connectivity index (χ1v) is 7.81. The highest BCUT2D eigenvalue weighted by atomic mass is 32.1. The van der Waals surface area contributed by atoms with E-state index in [0.717, 1.165) is 27.3 Å². The van der Waals surface area contributed by atoms with Crippen LogP contribution in [0.5, 0.6) is 0 Å². The highest BCUT2D eigenvalue weighted by Gasteiger charge is 2.09. The van der Waals surface area contributed by atoms with Gasteiger partial charge in [0.25, 0.3) is 0 Å². The van der Waals surface area contributed by atoms with Gasteiger partial charge in [0.15, 0.2) is 0 Å². The number of benzene rings is 1. The van der Waals surface area contributed by atoms with Gasteiger partial charge < -0.3 is 10.3 Å². The minimum Gasteiger partial charge on any atom is -0.326 e. The molecule has 0 saturated carbocycles. The topological polar surface area (TPSA) is 79.8 Å². The Morgan fingerprint density at radius 2 is 2.23 bits per heavy atom. The van der Waals surface area contributed by atoms with E-state index in [1.165, 1.54) is 0 Å². The van der Waals surface area contributed by atoms with E-state index in [1.54, 1.807) is 21.4 Å². The Morgan fingerprint density at radius 3 is 2.95 bits per heavy atom.